The number of phenols is 1. The van der Waals surface area contributed by atoms with Crippen LogP contribution in [0.15, 0.2) is 18.2 Å². The van der Waals surface area contributed by atoms with Crippen molar-refractivity contribution in [3.05, 3.63) is 29.3 Å². The first-order valence-corrected chi connectivity index (χ1v) is 6.04. The minimum atomic E-state index is -0.0486. The summed E-state index contributed by atoms with van der Waals surface area (Å²) in [4.78, 5) is 0. The Bertz CT molecular complexity index is 398. The quantitative estimate of drug-likeness (QED) is 0.762. The van der Waals surface area contributed by atoms with Crippen molar-refractivity contribution in [2.75, 3.05) is 0 Å². The Kier molecular flexibility index (Phi) is 2.70. The van der Waals surface area contributed by atoms with Crippen molar-refractivity contribution in [1.29, 1.82) is 0 Å². The monoisotopic (exact) mass is 219 g/mol. The Balaban J connectivity index is 2.52. The molecular formula is C14H21NO. The van der Waals surface area contributed by atoms with Crippen LogP contribution < -0.4 is 5.73 Å². The summed E-state index contributed by atoms with van der Waals surface area (Å²) in [6.45, 7) is 6.56. The van der Waals surface area contributed by atoms with Gasteiger partial charge >= 0.3 is 0 Å². The van der Waals surface area contributed by atoms with Crippen LogP contribution in [0, 0.1) is 5.92 Å². The van der Waals surface area contributed by atoms with E-state index in [9.17, 15) is 5.11 Å². The van der Waals surface area contributed by atoms with Gasteiger partial charge in [-0.1, -0.05) is 33.3 Å². The molecule has 88 valence electrons. The van der Waals surface area contributed by atoms with Gasteiger partial charge in [0.1, 0.15) is 5.75 Å². The molecule has 0 saturated heterocycles. The molecule has 2 heteroatoms. The summed E-state index contributed by atoms with van der Waals surface area (Å²) in [6.07, 6.45) is 2.15. The number of rotatable bonds is 1. The van der Waals surface area contributed by atoms with Gasteiger partial charge in [0.05, 0.1) is 0 Å². The summed E-state index contributed by atoms with van der Waals surface area (Å²) in [6, 6.07) is 5.87. The second-order valence-electron chi connectivity index (χ2n) is 5.46. The van der Waals surface area contributed by atoms with Gasteiger partial charge in [0.25, 0.3) is 0 Å². The molecule has 1 aliphatic rings. The third-order valence-corrected chi connectivity index (χ3v) is 4.14. The summed E-state index contributed by atoms with van der Waals surface area (Å²) < 4.78 is 0. The lowest BCUT2D eigenvalue weighted by Crippen LogP contribution is -2.50. The Labute approximate surface area is 97.5 Å². The number of benzene rings is 1. The zero-order chi connectivity index (χ0) is 11.9. The summed E-state index contributed by atoms with van der Waals surface area (Å²) >= 11 is 0. The van der Waals surface area contributed by atoms with E-state index in [-0.39, 0.29) is 11.5 Å². The molecule has 3 N–H and O–H groups in total. The zero-order valence-electron chi connectivity index (χ0n) is 10.3. The summed E-state index contributed by atoms with van der Waals surface area (Å²) in [5, 5.41) is 9.59. The summed E-state index contributed by atoms with van der Waals surface area (Å²) in [5.74, 6) is 0.890. The van der Waals surface area contributed by atoms with Crippen LogP contribution in [0.2, 0.25) is 0 Å². The average molecular weight is 219 g/mol. The van der Waals surface area contributed by atoms with E-state index in [4.69, 9.17) is 5.73 Å². The normalized spacial score (nSPS) is 27.5. The number of phenolic OH excluding ortho intramolecular Hbond substituents is 1. The summed E-state index contributed by atoms with van der Waals surface area (Å²) in [5.41, 5.74) is 8.86. The first-order valence-electron chi connectivity index (χ1n) is 6.04. The first-order chi connectivity index (χ1) is 7.46. The maximum atomic E-state index is 9.59. The number of nitrogens with two attached hydrogens (primary N) is 1. The van der Waals surface area contributed by atoms with Crippen LogP contribution in [0.5, 0.6) is 5.75 Å². The van der Waals surface area contributed by atoms with Gasteiger partial charge in [0.2, 0.25) is 0 Å². The fourth-order valence-corrected chi connectivity index (χ4v) is 2.92. The number of aromatic hydroxyl groups is 1. The maximum Gasteiger partial charge on any atom is 0.115 e. The molecular weight excluding hydrogens is 198 g/mol. The fraction of sp³-hybridized carbons (Fsp3) is 0.571. The van der Waals surface area contributed by atoms with Gasteiger partial charge in [-0.2, -0.15) is 0 Å². The van der Waals surface area contributed by atoms with Crippen LogP contribution >= 0.6 is 0 Å². The molecule has 1 aliphatic carbocycles. The smallest absolute Gasteiger partial charge is 0.115 e. The molecule has 0 amide bonds. The van der Waals surface area contributed by atoms with Crippen LogP contribution in [0.3, 0.4) is 0 Å². The summed E-state index contributed by atoms with van der Waals surface area (Å²) in [7, 11) is 0. The van der Waals surface area contributed by atoms with E-state index in [1.54, 1.807) is 6.07 Å². The van der Waals surface area contributed by atoms with Crippen LogP contribution in [0.4, 0.5) is 0 Å². The molecule has 0 heterocycles. The molecule has 0 fully saturated rings. The molecule has 16 heavy (non-hydrogen) atoms. The van der Waals surface area contributed by atoms with Crippen molar-refractivity contribution in [3.8, 4) is 5.75 Å². The lowest BCUT2D eigenvalue weighted by Gasteiger charge is -2.43. The maximum absolute atomic E-state index is 9.59. The predicted molar refractivity (Wildman–Crippen MR) is 66.6 cm³/mol. The van der Waals surface area contributed by atoms with Crippen LogP contribution in [-0.4, -0.2) is 11.1 Å². The molecule has 0 aliphatic heterocycles. The van der Waals surface area contributed by atoms with E-state index in [1.807, 2.05) is 12.1 Å². The predicted octanol–water partition coefficient (Wildman–Crippen LogP) is 2.58. The molecule has 2 nitrogen and oxygen atoms in total. The Morgan fingerprint density at radius 1 is 1.44 bits per heavy atom. The van der Waals surface area contributed by atoms with Crippen molar-refractivity contribution in [1.82, 2.24) is 0 Å². The molecule has 0 bridgehead atoms. The molecule has 1 aromatic carbocycles. The molecule has 0 unspecified atom stereocenters. The van der Waals surface area contributed by atoms with Gasteiger partial charge in [-0.05, 0) is 35.6 Å². The molecule has 0 aromatic heterocycles. The highest BCUT2D eigenvalue weighted by Crippen LogP contribution is 2.41. The SMILES string of the molecule is CC[C@@H]1Cc2ccc(O)cc2C(C)(C)[C@@H]1N. The highest BCUT2D eigenvalue weighted by Gasteiger charge is 2.39. The standard InChI is InChI=1S/C14H21NO/c1-4-9-7-10-5-6-11(16)8-12(10)14(2,3)13(9)15/h5-6,8-9,13,16H,4,7,15H2,1-3H3/t9-,13-/m1/s1. The molecule has 1 aromatic rings. The molecule has 0 spiro atoms. The van der Waals surface area contributed by atoms with Gasteiger partial charge in [-0.25, -0.2) is 0 Å². The molecule has 2 atom stereocenters. The number of fused-ring (bicyclic) bond motifs is 1. The highest BCUT2D eigenvalue weighted by atomic mass is 16.3. The van der Waals surface area contributed by atoms with Crippen molar-refractivity contribution >= 4 is 0 Å². The second-order valence-corrected chi connectivity index (χ2v) is 5.46. The van der Waals surface area contributed by atoms with Crippen molar-refractivity contribution in [2.24, 2.45) is 11.7 Å². The molecule has 2 rings (SSSR count). The van der Waals surface area contributed by atoms with E-state index in [0.717, 1.165) is 12.8 Å². The van der Waals surface area contributed by atoms with E-state index in [0.29, 0.717) is 11.7 Å². The van der Waals surface area contributed by atoms with Gasteiger partial charge in [-0.3, -0.25) is 0 Å². The number of hydrogen-bond donors (Lipinski definition) is 2. The van der Waals surface area contributed by atoms with Crippen molar-refractivity contribution in [3.63, 3.8) is 0 Å². The molecule has 0 saturated carbocycles. The minimum absolute atomic E-state index is 0.0486. The van der Waals surface area contributed by atoms with E-state index < -0.39 is 0 Å². The van der Waals surface area contributed by atoms with E-state index in [1.165, 1.54) is 11.1 Å². The van der Waals surface area contributed by atoms with Crippen LogP contribution in [-0.2, 0) is 11.8 Å². The van der Waals surface area contributed by atoms with Crippen LogP contribution in [0.1, 0.15) is 38.3 Å². The fourth-order valence-electron chi connectivity index (χ4n) is 2.92. The Morgan fingerprint density at radius 3 is 2.75 bits per heavy atom. The van der Waals surface area contributed by atoms with Crippen LogP contribution in [0.25, 0.3) is 0 Å². The molecule has 0 radical (unpaired) electrons. The highest BCUT2D eigenvalue weighted by molar-refractivity contribution is 5.43. The third kappa shape index (κ3) is 1.61. The lowest BCUT2D eigenvalue weighted by atomic mass is 9.64. The van der Waals surface area contributed by atoms with Gasteiger partial charge in [0, 0.05) is 11.5 Å². The van der Waals surface area contributed by atoms with Crippen molar-refractivity contribution in [2.45, 2.75) is 45.1 Å². The van der Waals surface area contributed by atoms with Crippen molar-refractivity contribution < 1.29 is 5.11 Å². The average Bonchev–Trinajstić information content (AvgIpc) is 2.25. The van der Waals surface area contributed by atoms with Gasteiger partial charge in [-0.15, -0.1) is 0 Å². The third-order valence-electron chi connectivity index (χ3n) is 4.14. The van der Waals surface area contributed by atoms with Gasteiger partial charge < -0.3 is 10.8 Å². The largest absolute Gasteiger partial charge is 0.508 e. The second kappa shape index (κ2) is 3.77. The minimum Gasteiger partial charge on any atom is -0.508 e. The Morgan fingerprint density at radius 2 is 2.12 bits per heavy atom. The van der Waals surface area contributed by atoms with E-state index >= 15 is 0 Å². The Hall–Kier alpha value is -1.02. The first kappa shape index (κ1) is 11.5. The van der Waals surface area contributed by atoms with Gasteiger partial charge in [0.15, 0.2) is 0 Å². The topological polar surface area (TPSA) is 46.2 Å². The van der Waals surface area contributed by atoms with E-state index in [2.05, 4.69) is 20.8 Å². The number of hydrogen-bond acceptors (Lipinski definition) is 2. The zero-order valence-corrected chi connectivity index (χ0v) is 10.3. The lowest BCUT2D eigenvalue weighted by molar-refractivity contribution is 0.262.